The van der Waals surface area contributed by atoms with Crippen LogP contribution in [-0.4, -0.2) is 17.5 Å². The minimum absolute atomic E-state index is 0.163. The molecule has 1 atom stereocenters. The van der Waals surface area contributed by atoms with Crippen LogP contribution in [0.5, 0.6) is 0 Å². The summed E-state index contributed by atoms with van der Waals surface area (Å²) < 4.78 is 0. The Bertz CT molecular complexity index is 180. The van der Waals surface area contributed by atoms with Gasteiger partial charge >= 0.3 is 0 Å². The zero-order chi connectivity index (χ0) is 11.7. The Labute approximate surface area is 90.2 Å². The fourth-order valence-electron chi connectivity index (χ4n) is 1.22. The number of rotatable bonds is 2. The van der Waals surface area contributed by atoms with Crippen molar-refractivity contribution in [2.45, 2.75) is 54.0 Å². The SMILES string of the molecule is C=C(C(C)C(C)(C)C)N(C)C(C)(C)C. The molecule has 0 saturated heterocycles. The van der Waals surface area contributed by atoms with Crippen LogP contribution in [-0.2, 0) is 0 Å². The average molecular weight is 197 g/mol. The van der Waals surface area contributed by atoms with Crippen molar-refractivity contribution < 1.29 is 0 Å². The number of hydrogen-bond donors (Lipinski definition) is 0. The molecule has 0 rings (SSSR count). The van der Waals surface area contributed by atoms with E-state index < -0.39 is 0 Å². The van der Waals surface area contributed by atoms with Gasteiger partial charge in [-0.05, 0) is 26.2 Å². The van der Waals surface area contributed by atoms with E-state index in [0.717, 1.165) is 0 Å². The summed E-state index contributed by atoms with van der Waals surface area (Å²) in [6.07, 6.45) is 0. The monoisotopic (exact) mass is 197 g/mol. The van der Waals surface area contributed by atoms with Crippen LogP contribution in [0.15, 0.2) is 12.3 Å². The van der Waals surface area contributed by atoms with E-state index in [1.807, 2.05) is 0 Å². The van der Waals surface area contributed by atoms with E-state index in [-0.39, 0.29) is 11.0 Å². The molecule has 14 heavy (non-hydrogen) atoms. The van der Waals surface area contributed by atoms with Crippen LogP contribution in [0.25, 0.3) is 0 Å². The van der Waals surface area contributed by atoms with Gasteiger partial charge in [-0.15, -0.1) is 0 Å². The lowest BCUT2D eigenvalue weighted by atomic mass is 9.79. The van der Waals surface area contributed by atoms with Gasteiger partial charge in [-0.1, -0.05) is 34.3 Å². The molecule has 0 N–H and O–H groups in total. The zero-order valence-corrected chi connectivity index (χ0v) is 11.2. The van der Waals surface area contributed by atoms with E-state index in [2.05, 4.69) is 67.0 Å². The lowest BCUT2D eigenvalue weighted by Gasteiger charge is -2.41. The van der Waals surface area contributed by atoms with Crippen LogP contribution in [0.2, 0.25) is 0 Å². The minimum atomic E-state index is 0.163. The van der Waals surface area contributed by atoms with Crippen LogP contribution >= 0.6 is 0 Å². The van der Waals surface area contributed by atoms with Gasteiger partial charge < -0.3 is 4.90 Å². The summed E-state index contributed by atoms with van der Waals surface area (Å²) in [6, 6.07) is 0. The second-order valence-corrected chi connectivity index (χ2v) is 6.31. The van der Waals surface area contributed by atoms with E-state index in [4.69, 9.17) is 0 Å². The van der Waals surface area contributed by atoms with Crippen molar-refractivity contribution in [1.29, 1.82) is 0 Å². The predicted octanol–water partition coefficient (Wildman–Crippen LogP) is 3.91. The molecule has 1 unspecified atom stereocenters. The maximum Gasteiger partial charge on any atom is 0.0311 e. The van der Waals surface area contributed by atoms with Crippen molar-refractivity contribution in [2.24, 2.45) is 11.3 Å². The molecule has 0 bridgehead atoms. The number of hydrogen-bond acceptors (Lipinski definition) is 1. The van der Waals surface area contributed by atoms with Gasteiger partial charge in [-0.25, -0.2) is 0 Å². The van der Waals surface area contributed by atoms with Gasteiger partial charge in [0.05, 0.1) is 0 Å². The first-order chi connectivity index (χ1) is 5.98. The van der Waals surface area contributed by atoms with Gasteiger partial charge in [0.15, 0.2) is 0 Å². The highest BCUT2D eigenvalue weighted by atomic mass is 15.2. The summed E-state index contributed by atoms with van der Waals surface area (Å²) in [7, 11) is 2.13. The molecule has 0 aromatic rings. The van der Waals surface area contributed by atoms with E-state index in [0.29, 0.717) is 5.92 Å². The van der Waals surface area contributed by atoms with Crippen LogP contribution in [0.1, 0.15) is 48.5 Å². The summed E-state index contributed by atoms with van der Waals surface area (Å²) in [6.45, 7) is 19.9. The lowest BCUT2D eigenvalue weighted by molar-refractivity contribution is 0.168. The predicted molar refractivity (Wildman–Crippen MR) is 65.3 cm³/mol. The van der Waals surface area contributed by atoms with E-state index in [9.17, 15) is 0 Å². The second kappa shape index (κ2) is 3.96. The first kappa shape index (κ1) is 13.5. The minimum Gasteiger partial charge on any atom is -0.373 e. The van der Waals surface area contributed by atoms with Crippen molar-refractivity contribution in [2.75, 3.05) is 7.05 Å². The van der Waals surface area contributed by atoms with Crippen LogP contribution in [0, 0.1) is 11.3 Å². The van der Waals surface area contributed by atoms with Crippen molar-refractivity contribution in [3.63, 3.8) is 0 Å². The van der Waals surface area contributed by atoms with Crippen molar-refractivity contribution in [1.82, 2.24) is 4.90 Å². The summed E-state index contributed by atoms with van der Waals surface area (Å²) in [4.78, 5) is 2.28. The van der Waals surface area contributed by atoms with Crippen molar-refractivity contribution >= 4 is 0 Å². The molecule has 1 heteroatoms. The van der Waals surface area contributed by atoms with E-state index in [1.165, 1.54) is 5.70 Å². The molecule has 0 fully saturated rings. The largest absolute Gasteiger partial charge is 0.373 e. The topological polar surface area (TPSA) is 3.24 Å². The van der Waals surface area contributed by atoms with Gasteiger partial charge in [0.2, 0.25) is 0 Å². The molecular weight excluding hydrogens is 170 g/mol. The van der Waals surface area contributed by atoms with Gasteiger partial charge in [0.25, 0.3) is 0 Å². The molecule has 0 amide bonds. The Morgan fingerprint density at radius 3 is 1.64 bits per heavy atom. The van der Waals surface area contributed by atoms with Crippen molar-refractivity contribution in [3.8, 4) is 0 Å². The highest BCUT2D eigenvalue weighted by Crippen LogP contribution is 2.33. The lowest BCUT2D eigenvalue weighted by Crippen LogP contribution is -2.40. The quantitative estimate of drug-likeness (QED) is 0.648. The maximum absolute atomic E-state index is 4.21. The van der Waals surface area contributed by atoms with Gasteiger partial charge in [-0.2, -0.15) is 0 Å². The molecule has 0 saturated carbocycles. The van der Waals surface area contributed by atoms with Crippen LogP contribution < -0.4 is 0 Å². The summed E-state index contributed by atoms with van der Waals surface area (Å²) >= 11 is 0. The van der Waals surface area contributed by atoms with E-state index >= 15 is 0 Å². The van der Waals surface area contributed by atoms with Gasteiger partial charge in [0.1, 0.15) is 0 Å². The first-order valence-corrected chi connectivity index (χ1v) is 5.40. The second-order valence-electron chi connectivity index (χ2n) is 6.31. The fraction of sp³-hybridized carbons (Fsp3) is 0.846. The molecule has 1 nitrogen and oxygen atoms in total. The van der Waals surface area contributed by atoms with Crippen molar-refractivity contribution in [3.05, 3.63) is 12.3 Å². The molecule has 0 aliphatic carbocycles. The molecular formula is C13H27N. The highest BCUT2D eigenvalue weighted by Gasteiger charge is 2.28. The average Bonchev–Trinajstić information content (AvgIpc) is 1.97. The molecule has 0 aliphatic rings. The maximum atomic E-state index is 4.21. The molecule has 0 aliphatic heterocycles. The molecule has 0 aromatic heterocycles. The Balaban J connectivity index is 4.65. The molecule has 0 heterocycles. The first-order valence-electron chi connectivity index (χ1n) is 5.40. The fourth-order valence-corrected chi connectivity index (χ4v) is 1.22. The molecule has 0 spiro atoms. The molecule has 0 aromatic carbocycles. The molecule has 84 valence electrons. The smallest absolute Gasteiger partial charge is 0.0311 e. The Morgan fingerprint density at radius 1 is 1.07 bits per heavy atom. The Hall–Kier alpha value is -0.460. The zero-order valence-electron chi connectivity index (χ0n) is 11.2. The standard InChI is InChI=1S/C13H27N/c1-10(12(3,4)5)11(2)14(9)13(6,7)8/h10H,2H2,1,3-9H3. The third-order valence-corrected chi connectivity index (χ3v) is 3.24. The van der Waals surface area contributed by atoms with E-state index in [1.54, 1.807) is 0 Å². The van der Waals surface area contributed by atoms with Gasteiger partial charge in [0, 0.05) is 24.2 Å². The summed E-state index contributed by atoms with van der Waals surface area (Å²) in [5, 5.41) is 0. The highest BCUT2D eigenvalue weighted by molar-refractivity contribution is 5.05. The summed E-state index contributed by atoms with van der Waals surface area (Å²) in [5.41, 5.74) is 1.68. The van der Waals surface area contributed by atoms with Crippen LogP contribution in [0.4, 0.5) is 0 Å². The summed E-state index contributed by atoms with van der Waals surface area (Å²) in [5.74, 6) is 0.506. The third kappa shape index (κ3) is 3.36. The number of nitrogens with zero attached hydrogens (tertiary/aromatic N) is 1. The Kier molecular flexibility index (Phi) is 3.83. The van der Waals surface area contributed by atoms with Gasteiger partial charge in [-0.3, -0.25) is 0 Å². The third-order valence-electron chi connectivity index (χ3n) is 3.24. The van der Waals surface area contributed by atoms with Crippen LogP contribution in [0.3, 0.4) is 0 Å². The molecule has 0 radical (unpaired) electrons. The normalized spacial score (nSPS) is 15.1. The number of allylic oxidation sites excluding steroid dienone is 1. The Morgan fingerprint density at radius 2 is 1.43 bits per heavy atom.